The van der Waals surface area contributed by atoms with E-state index in [-0.39, 0.29) is 17.4 Å². The van der Waals surface area contributed by atoms with Gasteiger partial charge < -0.3 is 10.6 Å². The van der Waals surface area contributed by atoms with Crippen LogP contribution in [0.15, 0.2) is 30.3 Å². The third-order valence-electron chi connectivity index (χ3n) is 5.82. The Hall–Kier alpha value is -2.43. The molecule has 2 N–H and O–H groups in total. The Balaban J connectivity index is 1.81. The second-order valence-electron chi connectivity index (χ2n) is 9.48. The molecule has 2 aromatic carbocycles. The molecule has 0 fully saturated rings. The maximum atomic E-state index is 14.2. The molecule has 0 radical (unpaired) electrons. The highest BCUT2D eigenvalue weighted by Gasteiger charge is 2.23. The molecule has 1 aliphatic rings. The molecule has 0 bridgehead atoms. The summed E-state index contributed by atoms with van der Waals surface area (Å²) in [5.41, 5.74) is 4.69. The topological polar surface area (TPSA) is 41.1 Å². The van der Waals surface area contributed by atoms with Gasteiger partial charge in [0.2, 0.25) is 5.91 Å². The van der Waals surface area contributed by atoms with Crippen LogP contribution >= 0.6 is 0 Å². The van der Waals surface area contributed by atoms with E-state index in [0.717, 1.165) is 55.0 Å². The molecule has 5 heteroatoms. The molecule has 1 aliphatic carbocycles. The minimum Gasteiger partial charge on any atom is -0.376 e. The van der Waals surface area contributed by atoms with E-state index >= 15 is 0 Å². The van der Waals surface area contributed by atoms with Crippen LogP contribution in [0, 0.1) is 24.0 Å². The smallest absolute Gasteiger partial charge is 0.224 e. The number of halogens is 2. The van der Waals surface area contributed by atoms with Gasteiger partial charge in [-0.1, -0.05) is 33.3 Å². The van der Waals surface area contributed by atoms with Gasteiger partial charge in [0.15, 0.2) is 0 Å². The van der Waals surface area contributed by atoms with Gasteiger partial charge in [0, 0.05) is 18.2 Å². The van der Waals surface area contributed by atoms with Crippen LogP contribution in [0.2, 0.25) is 0 Å². The van der Waals surface area contributed by atoms with Crippen molar-refractivity contribution in [3.63, 3.8) is 0 Å². The third kappa shape index (κ3) is 5.59. The largest absolute Gasteiger partial charge is 0.376 e. The van der Waals surface area contributed by atoms with Crippen molar-refractivity contribution >= 4 is 17.3 Å². The summed E-state index contributed by atoms with van der Waals surface area (Å²) in [6.45, 7) is 8.43. The van der Waals surface area contributed by atoms with Gasteiger partial charge in [-0.15, -0.1) is 0 Å². The van der Waals surface area contributed by atoms with Crippen LogP contribution in [0.4, 0.5) is 20.2 Å². The lowest BCUT2D eigenvalue weighted by molar-refractivity contribution is -0.116. The quantitative estimate of drug-likeness (QED) is 0.522. The fourth-order valence-corrected chi connectivity index (χ4v) is 4.02. The van der Waals surface area contributed by atoms with Crippen LogP contribution in [-0.4, -0.2) is 5.91 Å². The van der Waals surface area contributed by atoms with Gasteiger partial charge in [0.05, 0.1) is 11.7 Å². The second kappa shape index (κ2) is 9.15. The summed E-state index contributed by atoms with van der Waals surface area (Å²) in [7, 11) is 0. The molecule has 0 saturated heterocycles. The van der Waals surface area contributed by atoms with Gasteiger partial charge >= 0.3 is 0 Å². The minimum atomic E-state index is -0.583. The fraction of sp³-hybridized carbons (Fsp3) is 0.480. The van der Waals surface area contributed by atoms with Gasteiger partial charge in [-0.2, -0.15) is 0 Å². The Bertz CT molecular complexity index is 918. The van der Waals surface area contributed by atoms with E-state index in [1.807, 2.05) is 19.1 Å². The molecule has 1 unspecified atom stereocenters. The summed E-state index contributed by atoms with van der Waals surface area (Å²) < 4.78 is 27.4. The number of fused-ring (bicyclic) bond motifs is 1. The normalized spacial score (nSPS) is 16.5. The molecule has 1 amide bonds. The van der Waals surface area contributed by atoms with Gasteiger partial charge in [-0.25, -0.2) is 8.78 Å². The Morgan fingerprint density at radius 3 is 2.53 bits per heavy atom. The summed E-state index contributed by atoms with van der Waals surface area (Å²) in [5.74, 6) is -1.13. The van der Waals surface area contributed by atoms with Crippen molar-refractivity contribution in [2.45, 2.75) is 72.3 Å². The predicted octanol–water partition coefficient (Wildman–Crippen LogP) is 6.92. The number of benzene rings is 2. The van der Waals surface area contributed by atoms with Gasteiger partial charge in [-0.3, -0.25) is 4.79 Å². The molecule has 3 nitrogen and oxygen atoms in total. The maximum absolute atomic E-state index is 14.2. The summed E-state index contributed by atoms with van der Waals surface area (Å²) in [6.07, 6.45) is 5.19. The molecule has 162 valence electrons. The first kappa shape index (κ1) is 22.3. The summed E-state index contributed by atoms with van der Waals surface area (Å²) in [6, 6.07) is 7.56. The van der Waals surface area contributed by atoms with E-state index in [4.69, 9.17) is 0 Å². The lowest BCUT2D eigenvalue weighted by atomic mass is 9.90. The molecule has 0 aromatic heterocycles. The zero-order valence-corrected chi connectivity index (χ0v) is 18.4. The van der Waals surface area contributed by atoms with Gasteiger partial charge in [0.1, 0.15) is 11.6 Å². The SMILES string of the molecule is Cc1c(NC(=O)CCC(C)(C)C)ccc2c1CCCCC2Nc1ccc(F)cc1F. The van der Waals surface area contributed by atoms with E-state index in [9.17, 15) is 13.6 Å². The van der Waals surface area contributed by atoms with Crippen molar-refractivity contribution in [3.8, 4) is 0 Å². The summed E-state index contributed by atoms with van der Waals surface area (Å²) in [5, 5.41) is 6.34. The average molecular weight is 415 g/mol. The number of carbonyl (C=O) groups is 1. The van der Waals surface area contributed by atoms with Crippen molar-refractivity contribution in [2.75, 3.05) is 10.6 Å². The van der Waals surface area contributed by atoms with Crippen LogP contribution < -0.4 is 10.6 Å². The van der Waals surface area contributed by atoms with Gasteiger partial charge in [0.25, 0.3) is 0 Å². The second-order valence-corrected chi connectivity index (χ2v) is 9.48. The van der Waals surface area contributed by atoms with Crippen LogP contribution in [0.25, 0.3) is 0 Å². The standard InChI is InChI=1S/C25H32F2N2O/c1-16-18-7-5-6-8-22(28-23-11-9-17(26)15-20(23)27)19(18)10-12-21(16)29-24(30)13-14-25(2,3)4/h9-12,15,22,28H,5-8,13-14H2,1-4H3,(H,29,30). The molecule has 0 spiro atoms. The number of amides is 1. The Morgan fingerprint density at radius 1 is 1.10 bits per heavy atom. The Morgan fingerprint density at radius 2 is 1.83 bits per heavy atom. The fourth-order valence-electron chi connectivity index (χ4n) is 4.02. The van der Waals surface area contributed by atoms with Gasteiger partial charge in [-0.05, 0) is 72.9 Å². The van der Waals surface area contributed by atoms with E-state index in [1.165, 1.54) is 17.7 Å². The molecule has 0 aliphatic heterocycles. The third-order valence-corrected chi connectivity index (χ3v) is 5.82. The number of hydrogen-bond acceptors (Lipinski definition) is 2. The summed E-state index contributed by atoms with van der Waals surface area (Å²) >= 11 is 0. The number of carbonyl (C=O) groups excluding carboxylic acids is 1. The molecule has 0 heterocycles. The lowest BCUT2D eigenvalue weighted by Gasteiger charge is -2.23. The van der Waals surface area contributed by atoms with Crippen LogP contribution in [-0.2, 0) is 11.2 Å². The molecule has 3 rings (SSSR count). The average Bonchev–Trinajstić information content (AvgIpc) is 2.87. The van der Waals surface area contributed by atoms with Crippen LogP contribution in [0.3, 0.4) is 0 Å². The summed E-state index contributed by atoms with van der Waals surface area (Å²) in [4.78, 5) is 12.4. The van der Waals surface area contributed by atoms with Crippen molar-refractivity contribution < 1.29 is 13.6 Å². The van der Waals surface area contributed by atoms with E-state index in [1.54, 1.807) is 0 Å². The highest BCUT2D eigenvalue weighted by Crippen LogP contribution is 2.36. The Kier molecular flexibility index (Phi) is 6.79. The van der Waals surface area contributed by atoms with E-state index < -0.39 is 11.6 Å². The monoisotopic (exact) mass is 414 g/mol. The van der Waals surface area contributed by atoms with Crippen molar-refractivity contribution in [1.29, 1.82) is 0 Å². The van der Waals surface area contributed by atoms with E-state index in [2.05, 4.69) is 31.4 Å². The molecule has 30 heavy (non-hydrogen) atoms. The number of rotatable bonds is 5. The lowest BCUT2D eigenvalue weighted by Crippen LogP contribution is -2.17. The first-order valence-corrected chi connectivity index (χ1v) is 10.8. The number of nitrogens with one attached hydrogen (secondary N) is 2. The van der Waals surface area contributed by atoms with Crippen LogP contribution in [0.5, 0.6) is 0 Å². The van der Waals surface area contributed by atoms with Crippen molar-refractivity contribution in [1.82, 2.24) is 0 Å². The molecular formula is C25H32F2N2O. The zero-order chi connectivity index (χ0) is 21.9. The molecule has 0 saturated carbocycles. The number of hydrogen-bond donors (Lipinski definition) is 2. The van der Waals surface area contributed by atoms with Crippen molar-refractivity contribution in [3.05, 3.63) is 58.7 Å². The Labute approximate surface area is 178 Å². The highest BCUT2D eigenvalue weighted by molar-refractivity contribution is 5.91. The first-order valence-electron chi connectivity index (χ1n) is 10.8. The zero-order valence-electron chi connectivity index (χ0n) is 18.4. The first-order chi connectivity index (χ1) is 14.1. The van der Waals surface area contributed by atoms with E-state index in [0.29, 0.717) is 12.1 Å². The molecule has 1 atom stereocenters. The molecule has 2 aromatic rings. The highest BCUT2D eigenvalue weighted by atomic mass is 19.1. The molecular weight excluding hydrogens is 382 g/mol. The van der Waals surface area contributed by atoms with Crippen molar-refractivity contribution in [2.24, 2.45) is 5.41 Å². The number of anilines is 2. The maximum Gasteiger partial charge on any atom is 0.224 e. The van der Waals surface area contributed by atoms with Crippen LogP contribution in [0.1, 0.15) is 75.6 Å². The minimum absolute atomic E-state index is 0.0321. The predicted molar refractivity (Wildman–Crippen MR) is 119 cm³/mol.